The lowest BCUT2D eigenvalue weighted by atomic mass is 10.1. The van der Waals surface area contributed by atoms with E-state index in [1.165, 1.54) is 18.4 Å². The fourth-order valence-corrected chi connectivity index (χ4v) is 3.28. The molecule has 2 aromatic rings. The van der Waals surface area contributed by atoms with Crippen LogP contribution in [0.3, 0.4) is 0 Å². The first-order valence-electron chi connectivity index (χ1n) is 7.55. The van der Waals surface area contributed by atoms with Crippen LogP contribution in [-0.4, -0.2) is 12.6 Å². The van der Waals surface area contributed by atoms with E-state index in [9.17, 15) is 4.39 Å². The summed E-state index contributed by atoms with van der Waals surface area (Å²) in [7, 11) is 0. The highest BCUT2D eigenvalue weighted by atomic mass is 32.1. The quantitative estimate of drug-likeness (QED) is 0.826. The van der Waals surface area contributed by atoms with E-state index in [4.69, 9.17) is 0 Å². The zero-order valence-corrected chi connectivity index (χ0v) is 13.1. The van der Waals surface area contributed by atoms with E-state index in [0.717, 1.165) is 24.3 Å². The molecular weight excluding hydrogens is 283 g/mol. The summed E-state index contributed by atoms with van der Waals surface area (Å²) in [6.07, 6.45) is 2.42. The van der Waals surface area contributed by atoms with Crippen molar-refractivity contribution in [2.45, 2.75) is 38.9 Å². The van der Waals surface area contributed by atoms with Gasteiger partial charge in [0, 0.05) is 30.4 Å². The van der Waals surface area contributed by atoms with Crippen molar-refractivity contribution in [3.05, 3.63) is 52.0 Å². The van der Waals surface area contributed by atoms with E-state index in [1.807, 2.05) is 13.0 Å². The summed E-state index contributed by atoms with van der Waals surface area (Å²) in [5.74, 6) is -0.107. The molecule has 1 aromatic heterocycles. The van der Waals surface area contributed by atoms with Crippen molar-refractivity contribution in [3.63, 3.8) is 0 Å². The Kier molecular flexibility index (Phi) is 4.56. The predicted octanol–water partition coefficient (Wildman–Crippen LogP) is 4.17. The zero-order chi connectivity index (χ0) is 14.7. The number of thiophene rings is 1. The molecule has 2 nitrogen and oxygen atoms in total. The van der Waals surface area contributed by atoms with Crippen LogP contribution >= 0.6 is 11.3 Å². The largest absolute Gasteiger partial charge is 0.364 e. The number of nitrogens with zero attached hydrogens (tertiary/aromatic N) is 1. The van der Waals surface area contributed by atoms with E-state index in [-0.39, 0.29) is 5.82 Å². The Bertz CT molecular complexity index is 578. The number of hydrogen-bond acceptors (Lipinski definition) is 3. The van der Waals surface area contributed by atoms with Gasteiger partial charge in [-0.15, -0.1) is 0 Å². The summed E-state index contributed by atoms with van der Waals surface area (Å²) in [6, 6.07) is 8.16. The lowest BCUT2D eigenvalue weighted by Gasteiger charge is -2.27. The summed E-state index contributed by atoms with van der Waals surface area (Å²) in [4.78, 5) is 2.37. The van der Waals surface area contributed by atoms with E-state index in [2.05, 4.69) is 33.1 Å². The second-order valence-corrected chi connectivity index (χ2v) is 6.29. The molecule has 1 aliphatic rings. The third-order valence-electron chi connectivity index (χ3n) is 3.88. The average molecular weight is 304 g/mol. The molecule has 0 saturated heterocycles. The molecule has 0 atom stereocenters. The molecule has 1 heterocycles. The van der Waals surface area contributed by atoms with Gasteiger partial charge in [-0.1, -0.05) is 13.0 Å². The van der Waals surface area contributed by atoms with Gasteiger partial charge in [0.1, 0.15) is 5.82 Å². The molecule has 0 unspecified atom stereocenters. The average Bonchev–Trinajstić information content (AvgIpc) is 3.20. The van der Waals surface area contributed by atoms with E-state index >= 15 is 0 Å². The topological polar surface area (TPSA) is 15.3 Å². The number of nitrogens with one attached hydrogen (secondary N) is 1. The SMILES string of the molecule is CCNCc1c(F)cccc1N(Cc1ccsc1)C1CC1. The maximum Gasteiger partial charge on any atom is 0.129 e. The van der Waals surface area contributed by atoms with Crippen molar-refractivity contribution in [1.29, 1.82) is 0 Å². The van der Waals surface area contributed by atoms with Crippen LogP contribution in [0.5, 0.6) is 0 Å². The van der Waals surface area contributed by atoms with Crippen LogP contribution in [0.25, 0.3) is 0 Å². The fraction of sp³-hybridized carbons (Fsp3) is 0.412. The second-order valence-electron chi connectivity index (χ2n) is 5.51. The van der Waals surface area contributed by atoms with E-state index in [0.29, 0.717) is 12.6 Å². The van der Waals surface area contributed by atoms with Crippen LogP contribution < -0.4 is 10.2 Å². The molecule has 0 bridgehead atoms. The van der Waals surface area contributed by atoms with Crippen molar-refractivity contribution >= 4 is 17.0 Å². The maximum atomic E-state index is 14.2. The van der Waals surface area contributed by atoms with Crippen LogP contribution in [0.2, 0.25) is 0 Å². The Morgan fingerprint density at radius 1 is 1.33 bits per heavy atom. The molecule has 0 spiro atoms. The van der Waals surface area contributed by atoms with Crippen LogP contribution in [0.15, 0.2) is 35.0 Å². The van der Waals surface area contributed by atoms with Gasteiger partial charge >= 0.3 is 0 Å². The molecule has 1 fully saturated rings. The highest BCUT2D eigenvalue weighted by molar-refractivity contribution is 7.07. The van der Waals surface area contributed by atoms with Crippen molar-refractivity contribution in [3.8, 4) is 0 Å². The summed E-state index contributed by atoms with van der Waals surface area (Å²) >= 11 is 1.72. The number of rotatable bonds is 7. The van der Waals surface area contributed by atoms with Crippen LogP contribution in [0.4, 0.5) is 10.1 Å². The van der Waals surface area contributed by atoms with Gasteiger partial charge in [-0.25, -0.2) is 4.39 Å². The Morgan fingerprint density at radius 3 is 2.86 bits per heavy atom. The first-order valence-corrected chi connectivity index (χ1v) is 8.49. The zero-order valence-electron chi connectivity index (χ0n) is 12.3. The van der Waals surface area contributed by atoms with Crippen molar-refractivity contribution < 1.29 is 4.39 Å². The lowest BCUT2D eigenvalue weighted by Crippen LogP contribution is -2.27. The van der Waals surface area contributed by atoms with Gasteiger partial charge in [0.2, 0.25) is 0 Å². The minimum Gasteiger partial charge on any atom is -0.364 e. The Hall–Kier alpha value is -1.39. The molecule has 3 rings (SSSR count). The minimum absolute atomic E-state index is 0.107. The van der Waals surface area contributed by atoms with Crippen LogP contribution in [0, 0.1) is 5.82 Å². The third-order valence-corrected chi connectivity index (χ3v) is 4.61. The van der Waals surface area contributed by atoms with Gasteiger partial charge < -0.3 is 10.2 Å². The standard InChI is InChI=1S/C17H21FN2S/c1-2-19-10-15-16(18)4-3-5-17(15)20(14-6-7-14)11-13-8-9-21-12-13/h3-5,8-9,12,14,19H,2,6-7,10-11H2,1H3. The van der Waals surface area contributed by atoms with Crippen molar-refractivity contribution in [2.24, 2.45) is 0 Å². The summed E-state index contributed by atoms with van der Waals surface area (Å²) in [5.41, 5.74) is 3.15. The minimum atomic E-state index is -0.107. The number of hydrogen-bond donors (Lipinski definition) is 1. The molecule has 0 amide bonds. The smallest absolute Gasteiger partial charge is 0.129 e. The Labute approximate surface area is 129 Å². The number of anilines is 1. The maximum absolute atomic E-state index is 14.2. The summed E-state index contributed by atoms with van der Waals surface area (Å²) in [5, 5.41) is 7.54. The summed E-state index contributed by atoms with van der Waals surface area (Å²) < 4.78 is 14.2. The van der Waals surface area contributed by atoms with Crippen molar-refractivity contribution in [1.82, 2.24) is 5.32 Å². The van der Waals surface area contributed by atoms with Gasteiger partial charge in [-0.3, -0.25) is 0 Å². The number of halogens is 1. The molecule has 21 heavy (non-hydrogen) atoms. The lowest BCUT2D eigenvalue weighted by molar-refractivity contribution is 0.590. The highest BCUT2D eigenvalue weighted by Gasteiger charge is 2.31. The van der Waals surface area contributed by atoms with E-state index in [1.54, 1.807) is 17.4 Å². The first-order chi connectivity index (χ1) is 10.3. The third kappa shape index (κ3) is 3.44. The molecule has 112 valence electrons. The Balaban J connectivity index is 1.89. The first kappa shape index (κ1) is 14.5. The Morgan fingerprint density at radius 2 is 2.19 bits per heavy atom. The molecule has 1 saturated carbocycles. The molecule has 0 radical (unpaired) electrons. The molecule has 1 N–H and O–H groups in total. The molecular formula is C17H21FN2S. The van der Waals surface area contributed by atoms with E-state index < -0.39 is 0 Å². The molecule has 1 aromatic carbocycles. The number of benzene rings is 1. The summed E-state index contributed by atoms with van der Waals surface area (Å²) in [6.45, 7) is 4.36. The van der Waals surface area contributed by atoms with Crippen LogP contribution in [0.1, 0.15) is 30.9 Å². The predicted molar refractivity (Wildman–Crippen MR) is 87.3 cm³/mol. The molecule has 0 aliphatic heterocycles. The van der Waals surface area contributed by atoms with Crippen LogP contribution in [-0.2, 0) is 13.1 Å². The van der Waals surface area contributed by atoms with Gasteiger partial charge in [0.25, 0.3) is 0 Å². The normalized spacial score (nSPS) is 14.4. The molecule has 1 aliphatic carbocycles. The second kappa shape index (κ2) is 6.58. The van der Waals surface area contributed by atoms with Gasteiger partial charge in [0.15, 0.2) is 0 Å². The van der Waals surface area contributed by atoms with Gasteiger partial charge in [-0.2, -0.15) is 11.3 Å². The fourth-order valence-electron chi connectivity index (χ4n) is 2.62. The monoisotopic (exact) mass is 304 g/mol. The van der Waals surface area contributed by atoms with Gasteiger partial charge in [-0.05, 0) is 53.9 Å². The molecule has 4 heteroatoms. The van der Waals surface area contributed by atoms with Crippen molar-refractivity contribution in [2.75, 3.05) is 11.4 Å². The van der Waals surface area contributed by atoms with Gasteiger partial charge in [0.05, 0.1) is 0 Å². The highest BCUT2D eigenvalue weighted by Crippen LogP contribution is 2.36.